The van der Waals surface area contributed by atoms with E-state index < -0.39 is 0 Å². The molecule has 5 nitrogen and oxygen atoms in total. The fourth-order valence-electron chi connectivity index (χ4n) is 2.40. The highest BCUT2D eigenvalue weighted by Crippen LogP contribution is 2.42. The minimum Gasteiger partial charge on any atom is -0.392 e. The van der Waals surface area contributed by atoms with Crippen LogP contribution in [0.25, 0.3) is 0 Å². The molecule has 1 fully saturated rings. The van der Waals surface area contributed by atoms with Crippen LogP contribution in [0.1, 0.15) is 46.4 Å². The van der Waals surface area contributed by atoms with Crippen molar-refractivity contribution in [2.24, 2.45) is 5.41 Å². The number of anilines is 2. The van der Waals surface area contributed by atoms with E-state index in [1.165, 1.54) is 0 Å². The van der Waals surface area contributed by atoms with Crippen LogP contribution in [0.3, 0.4) is 0 Å². The molecule has 1 aromatic heterocycles. The van der Waals surface area contributed by atoms with Crippen molar-refractivity contribution in [3.05, 3.63) is 11.9 Å². The van der Waals surface area contributed by atoms with Crippen molar-refractivity contribution in [1.82, 2.24) is 9.97 Å². The van der Waals surface area contributed by atoms with E-state index in [2.05, 4.69) is 48.3 Å². The normalized spacial score (nSPS) is 24.1. The quantitative estimate of drug-likeness (QED) is 0.745. The Bertz CT molecular complexity index is 461. The Kier molecular flexibility index (Phi) is 4.48. The minimum atomic E-state index is -0.231. The first kappa shape index (κ1) is 15.0. The van der Waals surface area contributed by atoms with Crippen molar-refractivity contribution < 1.29 is 5.11 Å². The fourth-order valence-corrected chi connectivity index (χ4v) is 2.40. The molecule has 2 atom stereocenters. The van der Waals surface area contributed by atoms with Crippen molar-refractivity contribution in [2.75, 3.05) is 17.2 Å². The molecule has 112 valence electrons. The molecule has 1 aliphatic carbocycles. The molecule has 0 radical (unpaired) electrons. The number of aliphatic hydroxyl groups excluding tert-OH is 1. The number of hydrogen-bond donors (Lipinski definition) is 3. The van der Waals surface area contributed by atoms with Crippen molar-refractivity contribution in [3.8, 4) is 0 Å². The third-order valence-electron chi connectivity index (χ3n) is 4.18. The largest absolute Gasteiger partial charge is 0.392 e. The smallest absolute Gasteiger partial charge is 0.132 e. The molecule has 0 aliphatic heterocycles. The maximum Gasteiger partial charge on any atom is 0.132 e. The van der Waals surface area contributed by atoms with Gasteiger partial charge in [-0.05, 0) is 12.8 Å². The van der Waals surface area contributed by atoms with Crippen LogP contribution in [-0.4, -0.2) is 33.8 Å². The Balaban J connectivity index is 2.10. The second kappa shape index (κ2) is 5.95. The Morgan fingerprint density at radius 1 is 1.30 bits per heavy atom. The number of aromatic nitrogens is 2. The number of rotatable bonds is 6. The average Bonchev–Trinajstić information content (AvgIpc) is 2.44. The first-order chi connectivity index (χ1) is 9.47. The summed E-state index contributed by atoms with van der Waals surface area (Å²) in [5, 5.41) is 16.6. The van der Waals surface area contributed by atoms with Crippen LogP contribution in [0, 0.1) is 5.41 Å². The van der Waals surface area contributed by atoms with Crippen LogP contribution >= 0.6 is 0 Å². The highest BCUT2D eigenvalue weighted by Gasteiger charge is 2.47. The molecule has 2 unspecified atom stereocenters. The summed E-state index contributed by atoms with van der Waals surface area (Å²) in [4.78, 5) is 9.01. The molecule has 1 aromatic rings. The fraction of sp³-hybridized carbons (Fsp3) is 0.733. The summed E-state index contributed by atoms with van der Waals surface area (Å²) in [6, 6.07) is 2.21. The molecule has 2 rings (SSSR count). The summed E-state index contributed by atoms with van der Waals surface area (Å²) in [6.07, 6.45) is 2.42. The van der Waals surface area contributed by atoms with Crippen LogP contribution in [0.4, 0.5) is 11.6 Å². The zero-order valence-corrected chi connectivity index (χ0v) is 12.9. The third-order valence-corrected chi connectivity index (χ3v) is 4.18. The number of aryl methyl sites for hydroxylation is 1. The zero-order valence-electron chi connectivity index (χ0n) is 12.9. The number of hydrogen-bond acceptors (Lipinski definition) is 5. The van der Waals surface area contributed by atoms with Crippen molar-refractivity contribution in [1.29, 1.82) is 0 Å². The van der Waals surface area contributed by atoms with Crippen LogP contribution in [-0.2, 0) is 6.42 Å². The number of nitrogens with zero attached hydrogens (tertiary/aromatic N) is 2. The topological polar surface area (TPSA) is 70.1 Å². The maximum atomic E-state index is 9.81. The molecular weight excluding hydrogens is 252 g/mol. The molecule has 1 aliphatic rings. The Labute approximate surface area is 121 Å². The van der Waals surface area contributed by atoms with Gasteiger partial charge in [-0.15, -0.1) is 0 Å². The van der Waals surface area contributed by atoms with Crippen molar-refractivity contribution in [3.63, 3.8) is 0 Å². The van der Waals surface area contributed by atoms with Gasteiger partial charge in [0.2, 0.25) is 0 Å². The summed E-state index contributed by atoms with van der Waals surface area (Å²) in [5.74, 6) is 2.56. The summed E-state index contributed by atoms with van der Waals surface area (Å²) in [6.45, 7) is 9.26. The molecule has 20 heavy (non-hydrogen) atoms. The van der Waals surface area contributed by atoms with Crippen LogP contribution < -0.4 is 10.6 Å². The lowest BCUT2D eigenvalue weighted by molar-refractivity contribution is -0.0511. The monoisotopic (exact) mass is 278 g/mol. The molecule has 5 heteroatoms. The first-order valence-electron chi connectivity index (χ1n) is 7.53. The van der Waals surface area contributed by atoms with Gasteiger partial charge in [-0.3, -0.25) is 0 Å². The predicted octanol–water partition coefficient (Wildman–Crippen LogP) is 2.43. The van der Waals surface area contributed by atoms with E-state index in [9.17, 15) is 5.11 Å². The third kappa shape index (κ3) is 3.03. The summed E-state index contributed by atoms with van der Waals surface area (Å²) in [5.41, 5.74) is -0.103. The van der Waals surface area contributed by atoms with Gasteiger partial charge >= 0.3 is 0 Å². The molecule has 0 spiro atoms. The van der Waals surface area contributed by atoms with E-state index in [1.807, 2.05) is 6.07 Å². The summed E-state index contributed by atoms with van der Waals surface area (Å²) >= 11 is 0. The standard InChI is InChI=1S/C15H26N4O/c1-5-7-16-13-9-14(19-12(6-2)18-13)17-10-8-11(20)15(10,3)4/h9-11,20H,5-8H2,1-4H3,(H2,16,17,18,19). The molecule has 0 amide bonds. The predicted molar refractivity (Wildman–Crippen MR) is 82.0 cm³/mol. The molecular formula is C15H26N4O. The molecule has 1 saturated carbocycles. The lowest BCUT2D eigenvalue weighted by atomic mass is 9.64. The zero-order chi connectivity index (χ0) is 14.8. The van der Waals surface area contributed by atoms with Crippen LogP contribution in [0.15, 0.2) is 6.07 Å². The Hall–Kier alpha value is -1.36. The highest BCUT2D eigenvalue weighted by atomic mass is 16.3. The van der Waals surface area contributed by atoms with E-state index in [1.54, 1.807) is 0 Å². The van der Waals surface area contributed by atoms with Crippen molar-refractivity contribution >= 4 is 11.6 Å². The van der Waals surface area contributed by atoms with Gasteiger partial charge in [-0.1, -0.05) is 27.7 Å². The molecule has 0 aromatic carbocycles. The van der Waals surface area contributed by atoms with E-state index in [4.69, 9.17) is 0 Å². The highest BCUT2D eigenvalue weighted by molar-refractivity contribution is 5.49. The second-order valence-electron chi connectivity index (χ2n) is 6.10. The lowest BCUT2D eigenvalue weighted by Crippen LogP contribution is -2.57. The SMILES string of the molecule is CCCNc1cc(NC2CC(O)C2(C)C)nc(CC)n1. The lowest BCUT2D eigenvalue weighted by Gasteiger charge is -2.49. The van der Waals surface area contributed by atoms with Gasteiger partial charge in [0.1, 0.15) is 17.5 Å². The summed E-state index contributed by atoms with van der Waals surface area (Å²) < 4.78 is 0. The Morgan fingerprint density at radius 2 is 2.00 bits per heavy atom. The molecule has 0 saturated heterocycles. The van der Waals surface area contributed by atoms with Crippen LogP contribution in [0.2, 0.25) is 0 Å². The van der Waals surface area contributed by atoms with Gasteiger partial charge in [0.05, 0.1) is 6.10 Å². The first-order valence-corrected chi connectivity index (χ1v) is 7.53. The van der Waals surface area contributed by atoms with Gasteiger partial charge in [-0.2, -0.15) is 0 Å². The minimum absolute atomic E-state index is 0.103. The van der Waals surface area contributed by atoms with E-state index in [-0.39, 0.29) is 17.6 Å². The second-order valence-corrected chi connectivity index (χ2v) is 6.10. The van der Waals surface area contributed by atoms with Gasteiger partial charge in [-0.25, -0.2) is 9.97 Å². The van der Waals surface area contributed by atoms with Crippen LogP contribution in [0.5, 0.6) is 0 Å². The van der Waals surface area contributed by atoms with Gasteiger partial charge in [0, 0.05) is 30.5 Å². The number of nitrogens with one attached hydrogen (secondary N) is 2. The summed E-state index contributed by atoms with van der Waals surface area (Å²) in [7, 11) is 0. The van der Waals surface area contributed by atoms with E-state index in [0.29, 0.717) is 0 Å². The number of aliphatic hydroxyl groups is 1. The van der Waals surface area contributed by atoms with Gasteiger partial charge in [0.15, 0.2) is 0 Å². The molecule has 3 N–H and O–H groups in total. The van der Waals surface area contributed by atoms with Gasteiger partial charge < -0.3 is 15.7 Å². The Morgan fingerprint density at radius 3 is 2.55 bits per heavy atom. The van der Waals surface area contributed by atoms with Gasteiger partial charge in [0.25, 0.3) is 0 Å². The van der Waals surface area contributed by atoms with Crippen molar-refractivity contribution in [2.45, 2.75) is 59.1 Å². The van der Waals surface area contributed by atoms with E-state index in [0.717, 1.165) is 43.3 Å². The molecule has 1 heterocycles. The molecule has 0 bridgehead atoms. The maximum absolute atomic E-state index is 9.81. The average molecular weight is 278 g/mol. The van der Waals surface area contributed by atoms with E-state index >= 15 is 0 Å².